The largest absolute Gasteiger partial charge is 0.467 e. The lowest BCUT2D eigenvalue weighted by molar-refractivity contribution is 0.0897. The molecule has 0 saturated heterocycles. The van der Waals surface area contributed by atoms with Crippen molar-refractivity contribution in [3.8, 4) is 0 Å². The maximum Gasteiger partial charge on any atom is 0.254 e. The number of nitrogens with zero attached hydrogens (tertiary/aromatic N) is 1. The summed E-state index contributed by atoms with van der Waals surface area (Å²) in [4.78, 5) is 17.8. The number of hydrogen-bond acceptors (Lipinski definition) is 5. The number of halogens is 1. The van der Waals surface area contributed by atoms with E-state index in [4.69, 9.17) is 4.42 Å². The van der Waals surface area contributed by atoms with E-state index in [2.05, 4.69) is 26.2 Å². The molecule has 0 spiro atoms. The fourth-order valence-electron chi connectivity index (χ4n) is 2.13. The summed E-state index contributed by atoms with van der Waals surface area (Å²) in [5.74, 6) is 0.120. The minimum absolute atomic E-state index is 0.0592. The van der Waals surface area contributed by atoms with Crippen LogP contribution >= 0.6 is 27.7 Å². The molecule has 1 aromatic carbocycles. The monoisotopic (exact) mass is 418 g/mol. The van der Waals surface area contributed by atoms with Gasteiger partial charge in [-0.3, -0.25) is 4.79 Å². The zero-order valence-electron chi connectivity index (χ0n) is 13.1. The van der Waals surface area contributed by atoms with Crippen molar-refractivity contribution < 1.29 is 14.3 Å². The number of aliphatic hydroxyl groups excluding tert-OH is 1. The molecule has 128 valence electrons. The van der Waals surface area contributed by atoms with Gasteiger partial charge < -0.3 is 14.8 Å². The lowest BCUT2D eigenvalue weighted by atomic mass is 10.2. The van der Waals surface area contributed by atoms with E-state index in [0.717, 1.165) is 9.37 Å². The summed E-state index contributed by atoms with van der Waals surface area (Å²) in [7, 11) is 0. The van der Waals surface area contributed by atoms with Crippen molar-refractivity contribution in [2.24, 2.45) is 0 Å². The molecule has 7 heteroatoms. The van der Waals surface area contributed by atoms with Crippen LogP contribution in [-0.2, 0) is 0 Å². The number of amides is 1. The zero-order valence-corrected chi connectivity index (χ0v) is 15.5. The predicted octanol–water partition coefficient (Wildman–Crippen LogP) is 4.05. The number of carbonyl (C=O) groups excluding carboxylic acids is 1. The van der Waals surface area contributed by atoms with E-state index < -0.39 is 6.10 Å². The summed E-state index contributed by atoms with van der Waals surface area (Å²) in [6, 6.07) is 14.5. The van der Waals surface area contributed by atoms with Crippen molar-refractivity contribution in [2.75, 3.05) is 6.54 Å². The molecule has 0 aliphatic heterocycles. The van der Waals surface area contributed by atoms with Crippen LogP contribution in [0.5, 0.6) is 0 Å². The Kier molecular flexibility index (Phi) is 5.91. The van der Waals surface area contributed by atoms with E-state index in [0.29, 0.717) is 16.3 Å². The van der Waals surface area contributed by atoms with Gasteiger partial charge in [-0.25, -0.2) is 4.98 Å². The average Bonchev–Trinajstić information content (AvgIpc) is 3.16. The number of hydrogen-bond donors (Lipinski definition) is 2. The molecule has 0 aliphatic rings. The van der Waals surface area contributed by atoms with Crippen LogP contribution in [0.2, 0.25) is 0 Å². The smallest absolute Gasteiger partial charge is 0.254 e. The number of carbonyl (C=O) groups is 1. The number of benzene rings is 1. The normalized spacial score (nSPS) is 11.9. The Hall–Kier alpha value is -2.09. The van der Waals surface area contributed by atoms with Gasteiger partial charge in [0.2, 0.25) is 0 Å². The van der Waals surface area contributed by atoms with Gasteiger partial charge in [0.1, 0.15) is 16.9 Å². The SMILES string of the molecule is O=C(NCC(O)c1ccco1)c1cccnc1Sc1ccc(Br)cc1. The number of aliphatic hydroxyl groups is 1. The van der Waals surface area contributed by atoms with Gasteiger partial charge in [0.05, 0.1) is 18.4 Å². The van der Waals surface area contributed by atoms with Gasteiger partial charge in [0.15, 0.2) is 0 Å². The minimum atomic E-state index is -0.891. The first-order chi connectivity index (χ1) is 12.1. The van der Waals surface area contributed by atoms with Gasteiger partial charge in [-0.2, -0.15) is 0 Å². The molecule has 0 saturated carbocycles. The molecule has 25 heavy (non-hydrogen) atoms. The molecular formula is C18H15BrN2O3S. The number of aromatic nitrogens is 1. The Labute approximate surface area is 157 Å². The number of rotatable bonds is 6. The molecule has 1 amide bonds. The van der Waals surface area contributed by atoms with Crippen LogP contribution in [0, 0.1) is 0 Å². The second-order valence-electron chi connectivity index (χ2n) is 5.15. The fourth-order valence-corrected chi connectivity index (χ4v) is 3.27. The highest BCUT2D eigenvalue weighted by molar-refractivity contribution is 9.10. The van der Waals surface area contributed by atoms with Crippen molar-refractivity contribution in [1.29, 1.82) is 0 Å². The Morgan fingerprint density at radius 1 is 1.24 bits per heavy atom. The molecule has 0 aliphatic carbocycles. The van der Waals surface area contributed by atoms with Crippen LogP contribution in [0.1, 0.15) is 22.2 Å². The highest BCUT2D eigenvalue weighted by Crippen LogP contribution is 2.29. The highest BCUT2D eigenvalue weighted by atomic mass is 79.9. The molecule has 0 radical (unpaired) electrons. The Morgan fingerprint density at radius 3 is 2.76 bits per heavy atom. The Bertz CT molecular complexity index is 838. The Morgan fingerprint density at radius 2 is 2.04 bits per heavy atom. The molecule has 0 bridgehead atoms. The molecular weight excluding hydrogens is 404 g/mol. The van der Waals surface area contributed by atoms with Crippen LogP contribution < -0.4 is 5.32 Å². The zero-order chi connectivity index (χ0) is 17.6. The van der Waals surface area contributed by atoms with Crippen LogP contribution in [0.25, 0.3) is 0 Å². The molecule has 2 N–H and O–H groups in total. The van der Waals surface area contributed by atoms with E-state index in [1.807, 2.05) is 24.3 Å². The van der Waals surface area contributed by atoms with Gasteiger partial charge in [0, 0.05) is 15.6 Å². The summed E-state index contributed by atoms with van der Waals surface area (Å²) in [6.45, 7) is 0.0592. The van der Waals surface area contributed by atoms with Gasteiger partial charge in [-0.15, -0.1) is 0 Å². The standard InChI is InChI=1S/C18H15BrN2O3S/c19-12-5-7-13(8-6-12)25-18-14(3-1-9-20-18)17(23)21-11-15(22)16-4-2-10-24-16/h1-10,15,22H,11H2,(H,21,23). The summed E-state index contributed by atoms with van der Waals surface area (Å²) >= 11 is 4.81. The number of pyridine rings is 1. The van der Waals surface area contributed by atoms with Gasteiger partial charge >= 0.3 is 0 Å². The fraction of sp³-hybridized carbons (Fsp3) is 0.111. The molecule has 3 rings (SSSR count). The molecule has 2 aromatic heterocycles. The third kappa shape index (κ3) is 4.72. The number of nitrogens with one attached hydrogen (secondary N) is 1. The van der Waals surface area contributed by atoms with Crippen LogP contribution in [-0.4, -0.2) is 22.5 Å². The van der Waals surface area contributed by atoms with Crippen LogP contribution in [0.3, 0.4) is 0 Å². The lowest BCUT2D eigenvalue weighted by Gasteiger charge is -2.11. The topological polar surface area (TPSA) is 75.4 Å². The summed E-state index contributed by atoms with van der Waals surface area (Å²) in [6.07, 6.45) is 2.24. The summed E-state index contributed by atoms with van der Waals surface area (Å²) < 4.78 is 6.11. The van der Waals surface area contributed by atoms with Gasteiger partial charge in [0.25, 0.3) is 5.91 Å². The lowest BCUT2D eigenvalue weighted by Crippen LogP contribution is -2.28. The average molecular weight is 419 g/mol. The first kappa shape index (κ1) is 17.7. The van der Waals surface area contributed by atoms with Gasteiger partial charge in [-0.05, 0) is 48.5 Å². The van der Waals surface area contributed by atoms with Crippen LogP contribution in [0.15, 0.2) is 79.8 Å². The van der Waals surface area contributed by atoms with E-state index in [-0.39, 0.29) is 12.5 Å². The molecule has 3 aromatic rings. The molecule has 2 heterocycles. The van der Waals surface area contributed by atoms with Crippen molar-refractivity contribution in [2.45, 2.75) is 16.0 Å². The molecule has 0 fully saturated rings. The third-order valence-corrected chi connectivity index (χ3v) is 4.93. The van der Waals surface area contributed by atoms with E-state index in [1.165, 1.54) is 18.0 Å². The van der Waals surface area contributed by atoms with E-state index in [1.54, 1.807) is 30.5 Å². The van der Waals surface area contributed by atoms with Crippen LogP contribution in [0.4, 0.5) is 0 Å². The maximum atomic E-state index is 12.5. The number of furan rings is 1. The third-order valence-electron chi connectivity index (χ3n) is 3.37. The second kappa shape index (κ2) is 8.33. The molecule has 1 atom stereocenters. The second-order valence-corrected chi connectivity index (χ2v) is 7.13. The first-order valence-electron chi connectivity index (χ1n) is 7.51. The van der Waals surface area contributed by atoms with Crippen molar-refractivity contribution in [1.82, 2.24) is 10.3 Å². The highest BCUT2D eigenvalue weighted by Gasteiger charge is 2.16. The van der Waals surface area contributed by atoms with Crippen molar-refractivity contribution in [3.63, 3.8) is 0 Å². The summed E-state index contributed by atoms with van der Waals surface area (Å²) in [5.41, 5.74) is 0.460. The minimum Gasteiger partial charge on any atom is -0.467 e. The van der Waals surface area contributed by atoms with Crippen molar-refractivity contribution in [3.05, 3.63) is 76.8 Å². The molecule has 5 nitrogen and oxygen atoms in total. The van der Waals surface area contributed by atoms with Crippen molar-refractivity contribution >= 4 is 33.6 Å². The van der Waals surface area contributed by atoms with E-state index >= 15 is 0 Å². The Balaban J connectivity index is 1.69. The predicted molar refractivity (Wildman–Crippen MR) is 98.5 cm³/mol. The van der Waals surface area contributed by atoms with Gasteiger partial charge in [-0.1, -0.05) is 27.7 Å². The van der Waals surface area contributed by atoms with E-state index in [9.17, 15) is 9.90 Å². The quantitative estimate of drug-likeness (QED) is 0.631. The summed E-state index contributed by atoms with van der Waals surface area (Å²) in [5, 5.41) is 13.3. The molecule has 1 unspecified atom stereocenters. The maximum absolute atomic E-state index is 12.5. The first-order valence-corrected chi connectivity index (χ1v) is 9.12.